The predicted molar refractivity (Wildman–Crippen MR) is 91.1 cm³/mol. The van der Waals surface area contributed by atoms with Crippen molar-refractivity contribution in [1.82, 2.24) is 5.32 Å². The Morgan fingerprint density at radius 3 is 2.53 bits per heavy atom. The number of benzene rings is 1. The fourth-order valence-corrected chi connectivity index (χ4v) is 4.32. The number of thiophene rings is 1. The number of likely N-dealkylation sites (N-methyl/N-ethyl adjacent to an activating group) is 1. The predicted octanol–water partition coefficient (Wildman–Crippen LogP) is 5.39. The summed E-state index contributed by atoms with van der Waals surface area (Å²) in [7, 11) is 2.03. The van der Waals surface area contributed by atoms with Crippen LogP contribution in [0.5, 0.6) is 0 Å². The Morgan fingerprint density at radius 2 is 1.95 bits per heavy atom. The van der Waals surface area contributed by atoms with Gasteiger partial charge < -0.3 is 5.32 Å². The first-order chi connectivity index (χ1) is 9.01. The van der Waals surface area contributed by atoms with Gasteiger partial charge in [-0.3, -0.25) is 0 Å². The summed E-state index contributed by atoms with van der Waals surface area (Å²) in [6.45, 7) is 4.33. The van der Waals surface area contributed by atoms with Gasteiger partial charge in [-0.2, -0.15) is 0 Å². The highest BCUT2D eigenvalue weighted by Gasteiger charge is 2.15. The third-order valence-electron chi connectivity index (χ3n) is 3.28. The topological polar surface area (TPSA) is 12.0 Å². The van der Waals surface area contributed by atoms with Gasteiger partial charge in [0.05, 0.1) is 3.79 Å². The molecule has 2 rings (SSSR count). The van der Waals surface area contributed by atoms with Crippen molar-refractivity contribution in [3.05, 3.63) is 54.1 Å². The molecule has 2 aromatic rings. The van der Waals surface area contributed by atoms with Crippen LogP contribution in [-0.4, -0.2) is 7.05 Å². The van der Waals surface area contributed by atoms with E-state index in [4.69, 9.17) is 0 Å². The van der Waals surface area contributed by atoms with Gasteiger partial charge in [-0.25, -0.2) is 0 Å². The minimum Gasteiger partial charge on any atom is -0.312 e. The van der Waals surface area contributed by atoms with Gasteiger partial charge in [0.25, 0.3) is 0 Å². The monoisotopic (exact) mass is 401 g/mol. The normalized spacial score (nSPS) is 12.7. The summed E-state index contributed by atoms with van der Waals surface area (Å²) in [5, 5.41) is 3.42. The molecule has 19 heavy (non-hydrogen) atoms. The quantitative estimate of drug-likeness (QED) is 0.722. The molecule has 1 unspecified atom stereocenters. The first kappa shape index (κ1) is 15.2. The maximum atomic E-state index is 3.57. The molecule has 0 spiro atoms. The number of hydrogen-bond donors (Lipinski definition) is 1. The van der Waals surface area contributed by atoms with Crippen LogP contribution in [0.25, 0.3) is 0 Å². The fourth-order valence-electron chi connectivity index (χ4n) is 2.12. The molecule has 0 amide bonds. The molecule has 1 aromatic carbocycles. The summed E-state index contributed by atoms with van der Waals surface area (Å²) in [5.74, 6) is 0. The first-order valence-electron chi connectivity index (χ1n) is 6.19. The molecular weight excluding hydrogens is 386 g/mol. The third-order valence-corrected chi connectivity index (χ3v) is 6.65. The van der Waals surface area contributed by atoms with E-state index in [1.165, 1.54) is 21.6 Å². The standard InChI is InChI=1S/C15H17Br2NS/c1-9-4-5-10(2)11(6-9)7-13(18-3)14-8-12(16)15(17)19-14/h4-6,8,13,18H,7H2,1-3H3. The van der Waals surface area contributed by atoms with Crippen molar-refractivity contribution in [2.45, 2.75) is 26.3 Å². The van der Waals surface area contributed by atoms with E-state index in [1.807, 2.05) is 7.05 Å². The van der Waals surface area contributed by atoms with Crippen molar-refractivity contribution in [1.29, 1.82) is 0 Å². The van der Waals surface area contributed by atoms with Crippen LogP contribution in [0.15, 0.2) is 32.5 Å². The average molecular weight is 403 g/mol. The van der Waals surface area contributed by atoms with Crippen LogP contribution in [-0.2, 0) is 6.42 Å². The van der Waals surface area contributed by atoms with Crippen molar-refractivity contribution >= 4 is 43.2 Å². The summed E-state index contributed by atoms with van der Waals surface area (Å²) < 4.78 is 2.29. The summed E-state index contributed by atoms with van der Waals surface area (Å²) in [6, 6.07) is 9.22. The maximum absolute atomic E-state index is 3.57. The summed E-state index contributed by atoms with van der Waals surface area (Å²) >= 11 is 8.91. The highest BCUT2D eigenvalue weighted by atomic mass is 79.9. The zero-order valence-electron chi connectivity index (χ0n) is 11.3. The van der Waals surface area contributed by atoms with Crippen molar-refractivity contribution in [3.8, 4) is 0 Å². The van der Waals surface area contributed by atoms with E-state index in [-0.39, 0.29) is 0 Å². The Kier molecular flexibility index (Phi) is 5.23. The van der Waals surface area contributed by atoms with E-state index in [0.717, 1.165) is 14.7 Å². The smallest absolute Gasteiger partial charge is 0.0843 e. The zero-order chi connectivity index (χ0) is 14.0. The number of halogens is 2. The van der Waals surface area contributed by atoms with Crippen molar-refractivity contribution in [2.24, 2.45) is 0 Å². The average Bonchev–Trinajstić information content (AvgIpc) is 2.70. The van der Waals surface area contributed by atoms with E-state index in [1.54, 1.807) is 11.3 Å². The summed E-state index contributed by atoms with van der Waals surface area (Å²) in [6.07, 6.45) is 1.02. The van der Waals surface area contributed by atoms with Crippen LogP contribution in [0.4, 0.5) is 0 Å². The molecule has 4 heteroatoms. The molecule has 1 nitrogen and oxygen atoms in total. The van der Waals surface area contributed by atoms with Crippen LogP contribution in [0.1, 0.15) is 27.6 Å². The highest BCUT2D eigenvalue weighted by molar-refractivity contribution is 9.13. The molecule has 0 aliphatic carbocycles. The highest BCUT2D eigenvalue weighted by Crippen LogP contribution is 2.36. The van der Waals surface area contributed by atoms with Gasteiger partial charge in [0.1, 0.15) is 0 Å². The van der Waals surface area contributed by atoms with Gasteiger partial charge in [0, 0.05) is 15.4 Å². The van der Waals surface area contributed by atoms with Gasteiger partial charge in [0.2, 0.25) is 0 Å². The van der Waals surface area contributed by atoms with Gasteiger partial charge in [-0.05, 0) is 76.4 Å². The SMILES string of the molecule is CNC(Cc1cc(C)ccc1C)c1cc(Br)c(Br)s1. The molecule has 102 valence electrons. The van der Waals surface area contributed by atoms with Gasteiger partial charge in [-0.15, -0.1) is 11.3 Å². The molecule has 0 aliphatic rings. The zero-order valence-corrected chi connectivity index (χ0v) is 15.2. The van der Waals surface area contributed by atoms with Crippen molar-refractivity contribution < 1.29 is 0 Å². The lowest BCUT2D eigenvalue weighted by Crippen LogP contribution is -2.18. The molecular formula is C15H17Br2NS. The van der Waals surface area contributed by atoms with E-state index < -0.39 is 0 Å². The van der Waals surface area contributed by atoms with E-state index >= 15 is 0 Å². The Morgan fingerprint density at radius 1 is 1.21 bits per heavy atom. The van der Waals surface area contributed by atoms with Crippen LogP contribution in [0.2, 0.25) is 0 Å². The fraction of sp³-hybridized carbons (Fsp3) is 0.333. The summed E-state index contributed by atoms with van der Waals surface area (Å²) in [5.41, 5.74) is 4.10. The minimum atomic E-state index is 0.355. The number of rotatable bonds is 4. The largest absolute Gasteiger partial charge is 0.312 e. The van der Waals surface area contributed by atoms with Crippen LogP contribution < -0.4 is 5.32 Å². The lowest BCUT2D eigenvalue weighted by molar-refractivity contribution is 0.600. The molecule has 0 radical (unpaired) electrons. The summed E-state index contributed by atoms with van der Waals surface area (Å²) in [4.78, 5) is 1.35. The number of aryl methyl sites for hydroxylation is 2. The molecule has 1 aromatic heterocycles. The molecule has 1 N–H and O–H groups in total. The second-order valence-electron chi connectivity index (χ2n) is 4.75. The Hall–Kier alpha value is -0.160. The molecule has 0 aliphatic heterocycles. The molecule has 1 atom stereocenters. The molecule has 1 heterocycles. The van der Waals surface area contributed by atoms with E-state index in [2.05, 4.69) is 75.3 Å². The third kappa shape index (κ3) is 3.69. The Balaban J connectivity index is 2.26. The molecule has 0 fully saturated rings. The van der Waals surface area contributed by atoms with Gasteiger partial charge in [0.15, 0.2) is 0 Å². The second kappa shape index (κ2) is 6.53. The van der Waals surface area contributed by atoms with Crippen LogP contribution in [0, 0.1) is 13.8 Å². The number of hydrogen-bond acceptors (Lipinski definition) is 2. The van der Waals surface area contributed by atoms with Gasteiger partial charge in [-0.1, -0.05) is 23.8 Å². The minimum absolute atomic E-state index is 0.355. The van der Waals surface area contributed by atoms with E-state index in [9.17, 15) is 0 Å². The lowest BCUT2D eigenvalue weighted by atomic mass is 9.98. The molecule has 0 bridgehead atoms. The Bertz CT molecular complexity index is 558. The first-order valence-corrected chi connectivity index (χ1v) is 8.59. The van der Waals surface area contributed by atoms with Crippen molar-refractivity contribution in [2.75, 3.05) is 7.05 Å². The van der Waals surface area contributed by atoms with E-state index in [0.29, 0.717) is 6.04 Å². The maximum Gasteiger partial charge on any atom is 0.0843 e. The molecule has 0 saturated heterocycles. The number of nitrogens with one attached hydrogen (secondary N) is 1. The Labute approximate surface area is 135 Å². The van der Waals surface area contributed by atoms with Gasteiger partial charge >= 0.3 is 0 Å². The lowest BCUT2D eigenvalue weighted by Gasteiger charge is -2.16. The second-order valence-corrected chi connectivity index (χ2v) is 8.00. The van der Waals surface area contributed by atoms with Crippen molar-refractivity contribution in [3.63, 3.8) is 0 Å². The molecule has 0 saturated carbocycles. The van der Waals surface area contributed by atoms with Crippen LogP contribution >= 0.6 is 43.2 Å². The van der Waals surface area contributed by atoms with Crippen LogP contribution in [0.3, 0.4) is 0 Å².